The van der Waals surface area contributed by atoms with E-state index in [4.69, 9.17) is 4.74 Å². The monoisotopic (exact) mass is 423 g/mol. The summed E-state index contributed by atoms with van der Waals surface area (Å²) in [6.45, 7) is 3.77. The maximum atomic E-state index is 13.2. The van der Waals surface area contributed by atoms with E-state index < -0.39 is 0 Å². The summed E-state index contributed by atoms with van der Waals surface area (Å²) in [6, 6.07) is 15.7. The molecule has 0 spiro atoms. The van der Waals surface area contributed by atoms with Crippen LogP contribution in [-0.2, 0) is 16.1 Å². The van der Waals surface area contributed by atoms with Gasteiger partial charge in [0, 0.05) is 13.2 Å². The Hall–Kier alpha value is -2.64. The summed E-state index contributed by atoms with van der Waals surface area (Å²) in [6.07, 6.45) is 2.12. The summed E-state index contributed by atoms with van der Waals surface area (Å²) in [5.74, 6) is 0.0348. The van der Waals surface area contributed by atoms with E-state index in [1.807, 2.05) is 55.5 Å². The molecule has 1 aliphatic heterocycles. The highest BCUT2D eigenvalue weighted by molar-refractivity contribution is 7.99. The first-order valence-electron chi connectivity index (χ1n) is 10.2. The number of nitrogens with one attached hydrogen (secondary N) is 1. The molecule has 6 nitrogen and oxygen atoms in total. The molecule has 1 amide bonds. The minimum atomic E-state index is -0.175. The fourth-order valence-electron chi connectivity index (χ4n) is 3.51. The number of benzene rings is 2. The maximum absolute atomic E-state index is 13.2. The summed E-state index contributed by atoms with van der Waals surface area (Å²) in [5.41, 5.74) is 3.58. The van der Waals surface area contributed by atoms with Crippen molar-refractivity contribution in [3.63, 3.8) is 0 Å². The zero-order chi connectivity index (χ0) is 20.9. The van der Waals surface area contributed by atoms with Gasteiger partial charge in [-0.05, 0) is 37.5 Å². The molecule has 7 heteroatoms. The van der Waals surface area contributed by atoms with Gasteiger partial charge in [0.15, 0.2) is 5.03 Å². The number of nitrogens with zero attached hydrogens (tertiary/aromatic N) is 2. The van der Waals surface area contributed by atoms with Gasteiger partial charge in [-0.25, -0.2) is 4.98 Å². The number of hydrogen-bond acceptors (Lipinski definition) is 5. The first-order chi connectivity index (χ1) is 14.6. The number of carbonyl (C=O) groups is 1. The number of hydrogen-bond donors (Lipinski definition) is 1. The number of thioether (sulfide) groups is 1. The predicted octanol–water partition coefficient (Wildman–Crippen LogP) is 3.14. The quantitative estimate of drug-likeness (QED) is 0.591. The number of rotatable bonds is 7. The van der Waals surface area contributed by atoms with E-state index in [0.29, 0.717) is 18.1 Å². The zero-order valence-corrected chi connectivity index (χ0v) is 17.8. The number of carbonyl (C=O) groups excluding carboxylic acids is 1. The molecule has 1 saturated heterocycles. The molecule has 0 radical (unpaired) electrons. The molecule has 1 aliphatic rings. The van der Waals surface area contributed by atoms with Gasteiger partial charge in [0.1, 0.15) is 0 Å². The van der Waals surface area contributed by atoms with Crippen LogP contribution in [0.2, 0.25) is 0 Å². The summed E-state index contributed by atoms with van der Waals surface area (Å²) < 4.78 is 7.26. The molecule has 1 unspecified atom stereocenters. The minimum Gasteiger partial charge on any atom is -0.376 e. The van der Waals surface area contributed by atoms with Gasteiger partial charge in [0.2, 0.25) is 5.91 Å². The Kier molecular flexibility index (Phi) is 6.50. The fourth-order valence-corrected chi connectivity index (χ4v) is 4.28. The van der Waals surface area contributed by atoms with E-state index in [2.05, 4.69) is 10.3 Å². The summed E-state index contributed by atoms with van der Waals surface area (Å²) >= 11 is 1.18. The normalized spacial score (nSPS) is 16.1. The molecule has 3 aromatic rings. The van der Waals surface area contributed by atoms with Gasteiger partial charge >= 0.3 is 0 Å². The van der Waals surface area contributed by atoms with Crippen LogP contribution in [0.15, 0.2) is 58.4 Å². The van der Waals surface area contributed by atoms with Gasteiger partial charge in [0.05, 0.1) is 29.4 Å². The van der Waals surface area contributed by atoms with Crippen LogP contribution in [0.4, 0.5) is 0 Å². The van der Waals surface area contributed by atoms with Crippen molar-refractivity contribution < 1.29 is 9.53 Å². The number of amides is 1. The van der Waals surface area contributed by atoms with Gasteiger partial charge in [-0.3, -0.25) is 14.2 Å². The third-order valence-electron chi connectivity index (χ3n) is 5.17. The van der Waals surface area contributed by atoms with Crippen molar-refractivity contribution in [2.45, 2.75) is 37.4 Å². The predicted molar refractivity (Wildman–Crippen MR) is 119 cm³/mol. The van der Waals surface area contributed by atoms with Gasteiger partial charge in [-0.2, -0.15) is 0 Å². The lowest BCUT2D eigenvalue weighted by Gasteiger charge is -2.13. The number of ether oxygens (including phenoxy) is 1. The van der Waals surface area contributed by atoms with Crippen LogP contribution in [0.5, 0.6) is 0 Å². The highest BCUT2D eigenvalue weighted by Gasteiger charge is 2.17. The highest BCUT2D eigenvalue weighted by Crippen LogP contribution is 2.18. The molecule has 0 saturated carbocycles. The number of aryl methyl sites for hydroxylation is 1. The Morgan fingerprint density at radius 3 is 2.80 bits per heavy atom. The Bertz CT molecular complexity index is 1090. The number of para-hydroxylation sites is 2. The molecular formula is C23H25N3O3S. The fraction of sp³-hybridized carbons (Fsp3) is 0.348. The van der Waals surface area contributed by atoms with E-state index >= 15 is 0 Å². The Morgan fingerprint density at radius 2 is 2.03 bits per heavy atom. The smallest absolute Gasteiger partial charge is 0.283 e. The molecule has 0 aliphatic carbocycles. The van der Waals surface area contributed by atoms with E-state index in [0.717, 1.165) is 36.0 Å². The van der Waals surface area contributed by atoms with E-state index in [9.17, 15) is 9.59 Å². The van der Waals surface area contributed by atoms with Crippen molar-refractivity contribution in [1.82, 2.24) is 14.9 Å². The van der Waals surface area contributed by atoms with Crippen LogP contribution < -0.4 is 10.9 Å². The van der Waals surface area contributed by atoms with Gasteiger partial charge in [0.25, 0.3) is 5.56 Å². The second-order valence-corrected chi connectivity index (χ2v) is 8.47. The molecule has 30 heavy (non-hydrogen) atoms. The van der Waals surface area contributed by atoms with Crippen molar-refractivity contribution in [1.29, 1.82) is 0 Å². The minimum absolute atomic E-state index is 0.101. The molecule has 1 aromatic heterocycles. The second kappa shape index (κ2) is 9.45. The Labute approximate surface area is 179 Å². The Balaban J connectivity index is 1.52. The first kappa shape index (κ1) is 20.6. The summed E-state index contributed by atoms with van der Waals surface area (Å²) in [7, 11) is 0. The number of fused-ring (bicyclic) bond motifs is 1. The van der Waals surface area contributed by atoms with Crippen LogP contribution in [0.3, 0.4) is 0 Å². The van der Waals surface area contributed by atoms with Gasteiger partial charge < -0.3 is 10.1 Å². The first-order valence-corrected chi connectivity index (χ1v) is 11.1. The zero-order valence-electron chi connectivity index (χ0n) is 17.0. The summed E-state index contributed by atoms with van der Waals surface area (Å²) in [5, 5.41) is 3.23. The lowest BCUT2D eigenvalue weighted by atomic mass is 10.1. The van der Waals surface area contributed by atoms with Crippen molar-refractivity contribution in [3.05, 3.63) is 70.0 Å². The van der Waals surface area contributed by atoms with E-state index in [1.165, 1.54) is 17.3 Å². The Morgan fingerprint density at radius 1 is 1.23 bits per heavy atom. The average molecular weight is 424 g/mol. The van der Waals surface area contributed by atoms with Crippen LogP contribution >= 0.6 is 11.8 Å². The lowest BCUT2D eigenvalue weighted by Crippen LogP contribution is -2.33. The molecule has 0 bridgehead atoms. The molecule has 4 rings (SSSR count). The van der Waals surface area contributed by atoms with Crippen LogP contribution in [-0.4, -0.2) is 40.5 Å². The van der Waals surface area contributed by atoms with Gasteiger partial charge in [-0.1, -0.05) is 53.7 Å². The third kappa shape index (κ3) is 4.91. The second-order valence-electron chi connectivity index (χ2n) is 7.51. The number of aromatic nitrogens is 2. The van der Waals surface area contributed by atoms with Crippen LogP contribution in [0, 0.1) is 6.92 Å². The SMILES string of the molecule is Cc1ccc(Cn2c(=O)c(SCC(=O)NCC3CCCO3)nc3ccccc32)cc1. The van der Waals surface area contributed by atoms with Gasteiger partial charge in [-0.15, -0.1) is 0 Å². The standard InChI is InChI=1S/C23H25N3O3S/c1-16-8-10-17(11-9-16)14-26-20-7-3-2-6-19(20)25-22(23(26)28)30-15-21(27)24-13-18-5-4-12-29-18/h2-3,6-11,18H,4-5,12-15H2,1H3,(H,24,27). The molecular weight excluding hydrogens is 398 g/mol. The maximum Gasteiger partial charge on any atom is 0.283 e. The molecule has 1 fully saturated rings. The average Bonchev–Trinajstić information content (AvgIpc) is 3.28. The topological polar surface area (TPSA) is 73.2 Å². The third-order valence-corrected chi connectivity index (χ3v) is 6.12. The van der Waals surface area contributed by atoms with Crippen molar-refractivity contribution in [2.24, 2.45) is 0 Å². The van der Waals surface area contributed by atoms with E-state index in [-0.39, 0.29) is 23.3 Å². The molecule has 1 atom stereocenters. The van der Waals surface area contributed by atoms with E-state index in [1.54, 1.807) is 4.57 Å². The highest BCUT2D eigenvalue weighted by atomic mass is 32.2. The molecule has 2 heterocycles. The summed E-state index contributed by atoms with van der Waals surface area (Å²) in [4.78, 5) is 29.9. The molecule has 2 aromatic carbocycles. The van der Waals surface area contributed by atoms with Crippen LogP contribution in [0.1, 0.15) is 24.0 Å². The van der Waals surface area contributed by atoms with Crippen LogP contribution in [0.25, 0.3) is 11.0 Å². The largest absolute Gasteiger partial charge is 0.376 e. The van der Waals surface area contributed by atoms with Crippen molar-refractivity contribution in [3.8, 4) is 0 Å². The molecule has 156 valence electrons. The molecule has 1 N–H and O–H groups in total. The van der Waals surface area contributed by atoms with Crippen molar-refractivity contribution >= 4 is 28.7 Å². The van der Waals surface area contributed by atoms with Crippen molar-refractivity contribution in [2.75, 3.05) is 18.9 Å². The lowest BCUT2D eigenvalue weighted by molar-refractivity contribution is -0.119.